The lowest BCUT2D eigenvalue weighted by molar-refractivity contribution is -0.142. The molecule has 1 aliphatic heterocycles. The number of fused-ring (bicyclic) bond motifs is 2. The molecule has 1 N–H and O–H groups in total. The van der Waals surface area contributed by atoms with Gasteiger partial charge in [-0.05, 0) is 30.3 Å². The number of carboxylic acids is 1. The number of benzene rings is 2. The number of aromatic nitrogens is 1. The molecular formula is C18H11ClF2N2O4S. The van der Waals surface area contributed by atoms with Gasteiger partial charge in [0, 0.05) is 5.02 Å². The van der Waals surface area contributed by atoms with Crippen molar-refractivity contribution < 1.29 is 28.2 Å². The van der Waals surface area contributed by atoms with Crippen molar-refractivity contribution in [2.45, 2.75) is 19.1 Å². The molecule has 3 aromatic rings. The van der Waals surface area contributed by atoms with Gasteiger partial charge in [0.15, 0.2) is 17.7 Å². The molecule has 28 heavy (non-hydrogen) atoms. The van der Waals surface area contributed by atoms with Crippen molar-refractivity contribution in [3.63, 3.8) is 0 Å². The molecule has 6 nitrogen and oxygen atoms in total. The first-order valence-electron chi connectivity index (χ1n) is 8.06. The smallest absolute Gasteiger partial charge is 0.307 e. The average molecular weight is 425 g/mol. The lowest BCUT2D eigenvalue weighted by Gasteiger charge is -2.33. The molecule has 10 heteroatoms. The second-order valence-electron chi connectivity index (χ2n) is 6.06. The van der Waals surface area contributed by atoms with E-state index in [-0.39, 0.29) is 12.1 Å². The molecule has 2 heterocycles. The highest BCUT2D eigenvalue weighted by molar-refractivity contribution is 7.18. The van der Waals surface area contributed by atoms with Gasteiger partial charge >= 0.3 is 5.97 Å². The van der Waals surface area contributed by atoms with Gasteiger partial charge in [-0.25, -0.2) is 13.8 Å². The van der Waals surface area contributed by atoms with E-state index >= 15 is 0 Å². The molecule has 0 fully saturated rings. The third-order valence-electron chi connectivity index (χ3n) is 4.17. The summed E-state index contributed by atoms with van der Waals surface area (Å²) in [6, 6.07) is 7.03. The summed E-state index contributed by atoms with van der Waals surface area (Å²) in [5.41, 5.74) is 0.235. The Bertz CT molecular complexity index is 1120. The zero-order valence-electron chi connectivity index (χ0n) is 14.0. The van der Waals surface area contributed by atoms with Crippen LogP contribution in [0.5, 0.6) is 5.75 Å². The maximum absolute atomic E-state index is 14.0. The van der Waals surface area contributed by atoms with Crippen molar-refractivity contribution in [1.29, 1.82) is 0 Å². The average Bonchev–Trinajstić information content (AvgIpc) is 3.05. The number of hydrogen-bond donors (Lipinski definition) is 1. The standard InChI is InChI=1S/C18H11ClF2N2O4S/c19-8-1-3-11-10(5-8)23(18(26)12(27-11)6-15(24)25)7-14-22-17-13(28-14)4-2-9(20)16(17)21/h1-5,12H,6-7H2,(H,24,25). The topological polar surface area (TPSA) is 79.7 Å². The Morgan fingerprint density at radius 2 is 2.11 bits per heavy atom. The molecular weight excluding hydrogens is 414 g/mol. The van der Waals surface area contributed by atoms with Crippen LogP contribution in [0.15, 0.2) is 30.3 Å². The predicted octanol–water partition coefficient (Wildman–Crippen LogP) is 4.00. The summed E-state index contributed by atoms with van der Waals surface area (Å²) in [4.78, 5) is 29.3. The fourth-order valence-corrected chi connectivity index (χ4v) is 4.05. The minimum absolute atomic E-state index is 0.0634. The Balaban J connectivity index is 1.74. The molecule has 1 aliphatic rings. The van der Waals surface area contributed by atoms with Crippen LogP contribution in [0.2, 0.25) is 5.02 Å². The molecule has 0 saturated carbocycles. The molecule has 144 valence electrons. The third kappa shape index (κ3) is 3.27. The highest BCUT2D eigenvalue weighted by Gasteiger charge is 2.36. The number of anilines is 1. The zero-order chi connectivity index (χ0) is 20.0. The summed E-state index contributed by atoms with van der Waals surface area (Å²) in [5.74, 6) is -3.53. The number of carbonyl (C=O) groups is 2. The van der Waals surface area contributed by atoms with E-state index < -0.39 is 36.0 Å². The normalized spacial score (nSPS) is 16.2. The van der Waals surface area contributed by atoms with Crippen molar-refractivity contribution in [1.82, 2.24) is 4.98 Å². The maximum Gasteiger partial charge on any atom is 0.307 e. The molecule has 1 unspecified atom stereocenters. The fraction of sp³-hybridized carbons (Fsp3) is 0.167. The summed E-state index contributed by atoms with van der Waals surface area (Å²) in [6.45, 7) is -0.0634. The van der Waals surface area contributed by atoms with E-state index in [9.17, 15) is 18.4 Å². The van der Waals surface area contributed by atoms with Gasteiger partial charge in [0.05, 0.1) is 23.4 Å². The predicted molar refractivity (Wildman–Crippen MR) is 98.8 cm³/mol. The van der Waals surface area contributed by atoms with Crippen LogP contribution in [-0.4, -0.2) is 28.1 Å². The molecule has 2 aromatic carbocycles. The van der Waals surface area contributed by atoms with E-state index in [4.69, 9.17) is 21.4 Å². The number of nitrogens with zero attached hydrogens (tertiary/aromatic N) is 2. The highest BCUT2D eigenvalue weighted by atomic mass is 35.5. The Labute approximate surface area is 165 Å². The van der Waals surface area contributed by atoms with Gasteiger partial charge in [0.1, 0.15) is 16.3 Å². The SMILES string of the molecule is O=C(O)CC1Oc2ccc(Cl)cc2N(Cc2nc3c(F)c(F)ccc3s2)C1=O. The van der Waals surface area contributed by atoms with Crippen LogP contribution in [0.25, 0.3) is 10.2 Å². The van der Waals surface area contributed by atoms with Crippen LogP contribution in [0, 0.1) is 11.6 Å². The number of halogens is 3. The van der Waals surface area contributed by atoms with Crippen molar-refractivity contribution in [3.05, 3.63) is 52.0 Å². The molecule has 0 aliphatic carbocycles. The van der Waals surface area contributed by atoms with Crippen molar-refractivity contribution in [2.24, 2.45) is 0 Å². The van der Waals surface area contributed by atoms with Gasteiger partial charge in [0.2, 0.25) is 0 Å². The minimum Gasteiger partial charge on any atom is -0.481 e. The number of thiazole rings is 1. The van der Waals surface area contributed by atoms with E-state index in [2.05, 4.69) is 4.98 Å². The van der Waals surface area contributed by atoms with Crippen LogP contribution in [-0.2, 0) is 16.1 Å². The number of rotatable bonds is 4. The largest absolute Gasteiger partial charge is 0.481 e. The Morgan fingerprint density at radius 3 is 2.86 bits per heavy atom. The van der Waals surface area contributed by atoms with Crippen LogP contribution in [0.4, 0.5) is 14.5 Å². The zero-order valence-corrected chi connectivity index (χ0v) is 15.6. The summed E-state index contributed by atoms with van der Waals surface area (Å²) < 4.78 is 33.3. The summed E-state index contributed by atoms with van der Waals surface area (Å²) in [6.07, 6.45) is -1.73. The van der Waals surface area contributed by atoms with Gasteiger partial charge in [-0.3, -0.25) is 14.5 Å². The molecule has 0 spiro atoms. The fourth-order valence-electron chi connectivity index (χ4n) is 2.93. The van der Waals surface area contributed by atoms with Gasteiger partial charge in [-0.2, -0.15) is 0 Å². The molecule has 1 amide bonds. The molecule has 0 radical (unpaired) electrons. The van der Waals surface area contributed by atoms with Crippen molar-refractivity contribution >= 4 is 50.7 Å². The first-order chi connectivity index (χ1) is 13.3. The van der Waals surface area contributed by atoms with Crippen LogP contribution < -0.4 is 9.64 Å². The number of amides is 1. The second-order valence-corrected chi connectivity index (χ2v) is 7.61. The van der Waals surface area contributed by atoms with Gasteiger partial charge < -0.3 is 9.84 Å². The minimum atomic E-state index is -1.21. The number of hydrogen-bond acceptors (Lipinski definition) is 5. The quantitative estimate of drug-likeness (QED) is 0.684. The van der Waals surface area contributed by atoms with Gasteiger partial charge in [-0.15, -0.1) is 11.3 Å². The van der Waals surface area contributed by atoms with E-state index in [1.54, 1.807) is 12.1 Å². The molecule has 1 aromatic heterocycles. The summed E-state index contributed by atoms with van der Waals surface area (Å²) in [7, 11) is 0. The van der Waals surface area contributed by atoms with Crippen molar-refractivity contribution in [2.75, 3.05) is 4.90 Å². The third-order valence-corrected chi connectivity index (χ3v) is 5.41. The lowest BCUT2D eigenvalue weighted by atomic mass is 10.1. The first-order valence-corrected chi connectivity index (χ1v) is 9.25. The monoisotopic (exact) mass is 424 g/mol. The van der Waals surface area contributed by atoms with Gasteiger partial charge in [-0.1, -0.05) is 11.6 Å². The Hall–Kier alpha value is -2.78. The molecule has 1 atom stereocenters. The number of carboxylic acid groups (broad SMARTS) is 1. The lowest BCUT2D eigenvalue weighted by Crippen LogP contribution is -2.46. The molecule has 0 bridgehead atoms. The first kappa shape index (κ1) is 18.6. The van der Waals surface area contributed by atoms with E-state index in [0.717, 1.165) is 17.4 Å². The van der Waals surface area contributed by atoms with E-state index in [1.165, 1.54) is 17.0 Å². The van der Waals surface area contributed by atoms with Gasteiger partial charge in [0.25, 0.3) is 5.91 Å². The summed E-state index contributed by atoms with van der Waals surface area (Å²) in [5, 5.41) is 9.76. The van der Waals surface area contributed by atoms with Crippen LogP contribution >= 0.6 is 22.9 Å². The summed E-state index contributed by atoms with van der Waals surface area (Å²) >= 11 is 7.13. The second kappa shape index (κ2) is 6.99. The Kier molecular flexibility index (Phi) is 4.64. The Morgan fingerprint density at radius 1 is 1.32 bits per heavy atom. The molecule has 0 saturated heterocycles. The van der Waals surface area contributed by atoms with E-state index in [0.29, 0.717) is 26.2 Å². The van der Waals surface area contributed by atoms with E-state index in [1.807, 2.05) is 0 Å². The number of ether oxygens (including phenoxy) is 1. The number of aliphatic carboxylic acids is 1. The van der Waals surface area contributed by atoms with Crippen LogP contribution in [0.1, 0.15) is 11.4 Å². The van der Waals surface area contributed by atoms with Crippen molar-refractivity contribution in [3.8, 4) is 5.75 Å². The van der Waals surface area contributed by atoms with Crippen LogP contribution in [0.3, 0.4) is 0 Å². The molecule has 4 rings (SSSR count). The highest BCUT2D eigenvalue weighted by Crippen LogP contribution is 2.38. The number of carbonyl (C=O) groups excluding carboxylic acids is 1. The maximum atomic E-state index is 14.0.